The minimum Gasteiger partial charge on any atom is -0.495 e. The molecule has 2 aromatic rings. The summed E-state index contributed by atoms with van der Waals surface area (Å²) in [5.74, 6) is 0.327. The van der Waals surface area contributed by atoms with Crippen molar-refractivity contribution in [2.45, 2.75) is 9.79 Å². The molecule has 0 heterocycles. The zero-order valence-electron chi connectivity index (χ0n) is 9.63. The molecule has 0 aliphatic rings. The second-order valence-corrected chi connectivity index (χ2v) is 6.45. The molecule has 0 saturated heterocycles. The Hall–Kier alpha value is -1.33. The number of ether oxygens (including phenoxy) is 1. The maximum absolute atomic E-state index is 12.4. The molecule has 0 atom stereocenters. The summed E-state index contributed by atoms with van der Waals surface area (Å²) in [4.78, 5) is 0.421. The van der Waals surface area contributed by atoms with Crippen LogP contribution in [0.4, 0.5) is 0 Å². The van der Waals surface area contributed by atoms with Gasteiger partial charge in [0.2, 0.25) is 9.84 Å². The molecule has 5 heteroatoms. The number of methoxy groups -OCH3 is 1. The van der Waals surface area contributed by atoms with Crippen LogP contribution >= 0.6 is 15.9 Å². The summed E-state index contributed by atoms with van der Waals surface area (Å²) < 4.78 is 30.8. The lowest BCUT2D eigenvalue weighted by molar-refractivity contribution is 0.402. The van der Waals surface area contributed by atoms with Crippen molar-refractivity contribution in [1.82, 2.24) is 0 Å². The van der Waals surface area contributed by atoms with E-state index in [0.717, 1.165) is 4.47 Å². The topological polar surface area (TPSA) is 43.4 Å². The summed E-state index contributed by atoms with van der Waals surface area (Å²) >= 11 is 3.29. The van der Waals surface area contributed by atoms with Crippen LogP contribution in [0.25, 0.3) is 0 Å². The molecule has 94 valence electrons. The SMILES string of the molecule is COc1cc(Br)ccc1S(=O)(=O)c1ccccc1. The summed E-state index contributed by atoms with van der Waals surface area (Å²) in [6, 6.07) is 13.1. The van der Waals surface area contributed by atoms with Crippen LogP contribution in [0.2, 0.25) is 0 Å². The molecule has 0 fully saturated rings. The Kier molecular flexibility index (Phi) is 3.73. The van der Waals surface area contributed by atoms with Gasteiger partial charge in [0.25, 0.3) is 0 Å². The van der Waals surface area contributed by atoms with Gasteiger partial charge in [-0.25, -0.2) is 8.42 Å². The molecule has 0 bridgehead atoms. The molecule has 0 saturated carbocycles. The second-order valence-electron chi connectivity index (χ2n) is 3.61. The Labute approximate surface area is 114 Å². The third kappa shape index (κ3) is 2.42. The lowest BCUT2D eigenvalue weighted by Gasteiger charge is -2.09. The molecule has 3 nitrogen and oxygen atoms in total. The molecule has 0 aliphatic carbocycles. The van der Waals surface area contributed by atoms with Gasteiger partial charge in [0.1, 0.15) is 10.6 Å². The summed E-state index contributed by atoms with van der Waals surface area (Å²) in [7, 11) is -2.09. The van der Waals surface area contributed by atoms with Crippen LogP contribution < -0.4 is 4.74 Å². The minimum absolute atomic E-state index is 0.166. The number of sulfone groups is 1. The number of benzene rings is 2. The summed E-state index contributed by atoms with van der Waals surface area (Å²) in [5, 5.41) is 0. The number of halogens is 1. The van der Waals surface area contributed by atoms with Crippen LogP contribution in [0.3, 0.4) is 0 Å². The maximum Gasteiger partial charge on any atom is 0.210 e. The van der Waals surface area contributed by atoms with Gasteiger partial charge in [0, 0.05) is 4.47 Å². The zero-order chi connectivity index (χ0) is 13.2. The predicted octanol–water partition coefficient (Wildman–Crippen LogP) is 3.29. The van der Waals surface area contributed by atoms with Crippen LogP contribution in [0.15, 0.2) is 62.8 Å². The smallest absolute Gasteiger partial charge is 0.210 e. The lowest BCUT2D eigenvalue weighted by Crippen LogP contribution is -2.04. The average molecular weight is 327 g/mol. The minimum atomic E-state index is -3.54. The highest BCUT2D eigenvalue weighted by atomic mass is 79.9. The van der Waals surface area contributed by atoms with Crippen molar-refractivity contribution >= 4 is 25.8 Å². The van der Waals surface area contributed by atoms with Crippen molar-refractivity contribution in [2.75, 3.05) is 7.11 Å². The highest BCUT2D eigenvalue weighted by molar-refractivity contribution is 9.10. The average Bonchev–Trinajstić information content (AvgIpc) is 2.39. The number of hydrogen-bond donors (Lipinski definition) is 0. The summed E-state index contributed by atoms with van der Waals surface area (Å²) in [5.41, 5.74) is 0. The van der Waals surface area contributed by atoms with Crippen LogP contribution in [0.5, 0.6) is 5.75 Å². The van der Waals surface area contributed by atoms with Crippen LogP contribution in [-0.4, -0.2) is 15.5 Å². The van der Waals surface area contributed by atoms with Gasteiger partial charge in [-0.05, 0) is 30.3 Å². The fourth-order valence-electron chi connectivity index (χ4n) is 1.59. The van der Waals surface area contributed by atoms with E-state index >= 15 is 0 Å². The Morgan fingerprint density at radius 1 is 1.06 bits per heavy atom. The molecule has 0 aromatic heterocycles. The fraction of sp³-hybridized carbons (Fsp3) is 0.0769. The van der Waals surface area contributed by atoms with Gasteiger partial charge >= 0.3 is 0 Å². The molecular formula is C13H11BrO3S. The standard InChI is InChI=1S/C13H11BrO3S/c1-17-12-9-10(14)7-8-13(12)18(15,16)11-5-3-2-4-6-11/h2-9H,1H3. The maximum atomic E-state index is 12.4. The molecule has 0 aliphatic heterocycles. The van der Waals surface area contributed by atoms with E-state index in [1.807, 2.05) is 0 Å². The first-order valence-electron chi connectivity index (χ1n) is 5.19. The molecular weight excluding hydrogens is 316 g/mol. The number of rotatable bonds is 3. The van der Waals surface area contributed by atoms with Gasteiger partial charge in [0.15, 0.2) is 0 Å². The Morgan fingerprint density at radius 2 is 1.72 bits per heavy atom. The predicted molar refractivity (Wildman–Crippen MR) is 72.6 cm³/mol. The Morgan fingerprint density at radius 3 is 2.33 bits per heavy atom. The third-order valence-corrected chi connectivity index (χ3v) is 4.77. The molecule has 2 rings (SSSR count). The van der Waals surface area contributed by atoms with Crippen molar-refractivity contribution < 1.29 is 13.2 Å². The normalized spacial score (nSPS) is 11.2. The van der Waals surface area contributed by atoms with Crippen LogP contribution in [0, 0.1) is 0 Å². The van der Waals surface area contributed by atoms with E-state index in [2.05, 4.69) is 15.9 Å². The molecule has 0 unspecified atom stereocenters. The van der Waals surface area contributed by atoms with Crippen molar-refractivity contribution in [3.05, 3.63) is 53.0 Å². The van der Waals surface area contributed by atoms with Gasteiger partial charge < -0.3 is 4.74 Å². The first-order valence-corrected chi connectivity index (χ1v) is 7.47. The second kappa shape index (κ2) is 5.12. The van der Waals surface area contributed by atoms with Crippen molar-refractivity contribution in [1.29, 1.82) is 0 Å². The van der Waals surface area contributed by atoms with Gasteiger partial charge in [-0.15, -0.1) is 0 Å². The van der Waals surface area contributed by atoms with E-state index in [4.69, 9.17) is 4.74 Å². The van der Waals surface area contributed by atoms with E-state index in [-0.39, 0.29) is 9.79 Å². The monoisotopic (exact) mass is 326 g/mol. The molecule has 0 radical (unpaired) electrons. The van der Waals surface area contributed by atoms with Crippen molar-refractivity contribution in [3.8, 4) is 5.75 Å². The summed E-state index contributed by atoms with van der Waals surface area (Å²) in [6.45, 7) is 0. The molecule has 18 heavy (non-hydrogen) atoms. The highest BCUT2D eigenvalue weighted by Gasteiger charge is 2.21. The van der Waals surface area contributed by atoms with Gasteiger partial charge in [0.05, 0.1) is 12.0 Å². The first kappa shape index (κ1) is 13.1. The third-order valence-electron chi connectivity index (χ3n) is 2.47. The first-order chi connectivity index (χ1) is 8.55. The van der Waals surface area contributed by atoms with Crippen molar-refractivity contribution in [2.24, 2.45) is 0 Å². The Balaban J connectivity index is 2.62. The van der Waals surface area contributed by atoms with E-state index in [9.17, 15) is 8.42 Å². The van der Waals surface area contributed by atoms with Gasteiger partial charge in [-0.3, -0.25) is 0 Å². The number of hydrogen-bond acceptors (Lipinski definition) is 3. The van der Waals surface area contributed by atoms with Gasteiger partial charge in [-0.2, -0.15) is 0 Å². The molecule has 2 aromatic carbocycles. The van der Waals surface area contributed by atoms with Crippen molar-refractivity contribution in [3.63, 3.8) is 0 Å². The van der Waals surface area contributed by atoms with Crippen LogP contribution in [0.1, 0.15) is 0 Å². The van der Waals surface area contributed by atoms with E-state index in [1.54, 1.807) is 42.5 Å². The molecule has 0 spiro atoms. The quantitative estimate of drug-likeness (QED) is 0.869. The van der Waals surface area contributed by atoms with E-state index in [1.165, 1.54) is 13.2 Å². The molecule has 0 N–H and O–H groups in total. The largest absolute Gasteiger partial charge is 0.495 e. The van der Waals surface area contributed by atoms with Gasteiger partial charge in [-0.1, -0.05) is 34.1 Å². The fourth-order valence-corrected chi connectivity index (χ4v) is 3.35. The summed E-state index contributed by atoms with van der Waals surface area (Å²) in [6.07, 6.45) is 0. The Bertz CT molecular complexity index is 651. The molecule has 0 amide bonds. The zero-order valence-corrected chi connectivity index (χ0v) is 12.0. The van der Waals surface area contributed by atoms with E-state index < -0.39 is 9.84 Å². The highest BCUT2D eigenvalue weighted by Crippen LogP contribution is 2.31. The van der Waals surface area contributed by atoms with Crippen LogP contribution in [-0.2, 0) is 9.84 Å². The lowest BCUT2D eigenvalue weighted by atomic mass is 10.3. The van der Waals surface area contributed by atoms with E-state index in [0.29, 0.717) is 5.75 Å².